The molecule has 0 atom stereocenters. The first-order valence-corrected chi connectivity index (χ1v) is 8.44. The van der Waals surface area contributed by atoms with Crippen molar-refractivity contribution in [1.82, 2.24) is 10.0 Å². The number of benzene rings is 1. The summed E-state index contributed by atoms with van der Waals surface area (Å²) in [6.07, 6.45) is 1.50. The number of nitrogens with one attached hydrogen (secondary N) is 2. The van der Waals surface area contributed by atoms with E-state index in [2.05, 4.69) is 10.0 Å². The first kappa shape index (κ1) is 15.9. The molecule has 1 saturated heterocycles. The highest BCUT2D eigenvalue weighted by Crippen LogP contribution is 2.33. The van der Waals surface area contributed by atoms with Crippen LogP contribution >= 0.6 is 23.2 Å². The molecule has 1 aliphatic heterocycles. The summed E-state index contributed by atoms with van der Waals surface area (Å²) in [7, 11) is -2.24. The van der Waals surface area contributed by atoms with Gasteiger partial charge in [-0.15, -0.1) is 0 Å². The lowest BCUT2D eigenvalue weighted by molar-refractivity contribution is 0.414. The summed E-state index contributed by atoms with van der Waals surface area (Å²) in [5.74, 6) is 0.345. The van der Waals surface area contributed by atoms with Gasteiger partial charge in [0, 0.05) is 12.1 Å². The quantitative estimate of drug-likeness (QED) is 0.881. The second kappa shape index (κ2) is 6.49. The molecular formula is C12H16Cl2N2O3S. The summed E-state index contributed by atoms with van der Waals surface area (Å²) in [5, 5.41) is 3.48. The topological polar surface area (TPSA) is 67.4 Å². The Bertz CT molecular complexity index is 587. The molecule has 8 heteroatoms. The number of halogens is 2. The highest BCUT2D eigenvalue weighted by molar-refractivity contribution is 7.89. The lowest BCUT2D eigenvalue weighted by atomic mass is 10.1. The molecule has 0 amide bonds. The molecule has 0 aromatic heterocycles. The summed E-state index contributed by atoms with van der Waals surface area (Å²) in [5.41, 5.74) is 0. The number of methoxy groups -OCH3 is 1. The third kappa shape index (κ3) is 3.56. The summed E-state index contributed by atoms with van der Waals surface area (Å²) < 4.78 is 32.4. The van der Waals surface area contributed by atoms with Crippen LogP contribution in [0.3, 0.4) is 0 Å². The Kier molecular flexibility index (Phi) is 5.14. The zero-order valence-electron chi connectivity index (χ0n) is 10.9. The van der Waals surface area contributed by atoms with E-state index in [4.69, 9.17) is 27.9 Å². The number of piperidine rings is 1. The third-order valence-electron chi connectivity index (χ3n) is 3.16. The molecule has 0 radical (unpaired) electrons. The van der Waals surface area contributed by atoms with E-state index in [1.807, 2.05) is 0 Å². The van der Waals surface area contributed by atoms with Crippen molar-refractivity contribution >= 4 is 33.2 Å². The Balaban J connectivity index is 2.26. The molecule has 1 fully saturated rings. The Labute approximate surface area is 128 Å². The van der Waals surface area contributed by atoms with Crippen LogP contribution in [-0.4, -0.2) is 34.7 Å². The fourth-order valence-electron chi connectivity index (χ4n) is 2.10. The molecule has 20 heavy (non-hydrogen) atoms. The SMILES string of the molecule is COc1cc(Cl)c(S(=O)(=O)NC2CCNCC2)cc1Cl. The monoisotopic (exact) mass is 338 g/mol. The first-order valence-electron chi connectivity index (χ1n) is 6.20. The highest BCUT2D eigenvalue weighted by Gasteiger charge is 2.25. The third-order valence-corrected chi connectivity index (χ3v) is 5.44. The van der Waals surface area contributed by atoms with Crippen LogP contribution < -0.4 is 14.8 Å². The summed E-state index contributed by atoms with van der Waals surface area (Å²) >= 11 is 12.0. The van der Waals surface area contributed by atoms with Gasteiger partial charge in [-0.2, -0.15) is 0 Å². The van der Waals surface area contributed by atoms with E-state index in [0.717, 1.165) is 25.9 Å². The molecule has 5 nitrogen and oxygen atoms in total. The van der Waals surface area contributed by atoms with E-state index >= 15 is 0 Å². The predicted molar refractivity (Wildman–Crippen MR) is 79.2 cm³/mol. The molecule has 0 bridgehead atoms. The molecule has 1 heterocycles. The van der Waals surface area contributed by atoms with E-state index in [1.54, 1.807) is 0 Å². The fourth-order valence-corrected chi connectivity index (χ4v) is 4.25. The predicted octanol–water partition coefficient (Wildman–Crippen LogP) is 2.03. The van der Waals surface area contributed by atoms with Crippen LogP contribution in [0.15, 0.2) is 17.0 Å². The maximum atomic E-state index is 12.4. The van der Waals surface area contributed by atoms with Crippen LogP contribution in [0.2, 0.25) is 10.0 Å². The van der Waals surface area contributed by atoms with Gasteiger partial charge in [0.25, 0.3) is 0 Å². The van der Waals surface area contributed by atoms with E-state index in [1.165, 1.54) is 19.2 Å². The molecule has 0 unspecified atom stereocenters. The molecule has 0 aliphatic carbocycles. The van der Waals surface area contributed by atoms with Gasteiger partial charge >= 0.3 is 0 Å². The molecule has 2 N–H and O–H groups in total. The molecule has 1 aliphatic rings. The normalized spacial score (nSPS) is 17.1. The van der Waals surface area contributed by atoms with Crippen LogP contribution in [-0.2, 0) is 10.0 Å². The van der Waals surface area contributed by atoms with Gasteiger partial charge in [0.2, 0.25) is 10.0 Å². The number of rotatable bonds is 4. The zero-order valence-corrected chi connectivity index (χ0v) is 13.3. The summed E-state index contributed by atoms with van der Waals surface area (Å²) in [6.45, 7) is 1.59. The summed E-state index contributed by atoms with van der Waals surface area (Å²) in [4.78, 5) is -0.0245. The average molecular weight is 339 g/mol. The standard InChI is InChI=1S/C12H16Cl2N2O3S/c1-19-11-6-10(14)12(7-9(11)13)20(17,18)16-8-2-4-15-5-3-8/h6-8,15-16H,2-5H2,1H3. The Morgan fingerprint density at radius 3 is 2.50 bits per heavy atom. The number of hydrogen-bond donors (Lipinski definition) is 2. The maximum Gasteiger partial charge on any atom is 0.242 e. The number of hydrogen-bond acceptors (Lipinski definition) is 4. The minimum Gasteiger partial charge on any atom is -0.495 e. The molecule has 0 saturated carbocycles. The lowest BCUT2D eigenvalue weighted by Gasteiger charge is -2.23. The molecule has 0 spiro atoms. The minimum atomic E-state index is -3.69. The Morgan fingerprint density at radius 1 is 1.25 bits per heavy atom. The van der Waals surface area contributed by atoms with Gasteiger partial charge in [0.05, 0.1) is 17.2 Å². The Hall–Kier alpha value is -0.530. The molecule has 112 valence electrons. The lowest BCUT2D eigenvalue weighted by Crippen LogP contribution is -2.42. The van der Waals surface area contributed by atoms with Gasteiger partial charge in [0.1, 0.15) is 10.6 Å². The highest BCUT2D eigenvalue weighted by atomic mass is 35.5. The van der Waals surface area contributed by atoms with E-state index in [0.29, 0.717) is 5.75 Å². The van der Waals surface area contributed by atoms with Gasteiger partial charge in [0.15, 0.2) is 0 Å². The van der Waals surface area contributed by atoms with Gasteiger partial charge in [-0.25, -0.2) is 13.1 Å². The Morgan fingerprint density at radius 2 is 1.90 bits per heavy atom. The van der Waals surface area contributed by atoms with Gasteiger partial charge in [-0.05, 0) is 32.0 Å². The van der Waals surface area contributed by atoms with Crippen molar-refractivity contribution in [1.29, 1.82) is 0 Å². The van der Waals surface area contributed by atoms with Crippen molar-refractivity contribution in [2.75, 3.05) is 20.2 Å². The average Bonchev–Trinajstić information content (AvgIpc) is 2.41. The fraction of sp³-hybridized carbons (Fsp3) is 0.500. The van der Waals surface area contributed by atoms with Crippen LogP contribution in [0.25, 0.3) is 0 Å². The molecular weight excluding hydrogens is 323 g/mol. The van der Waals surface area contributed by atoms with Crippen LogP contribution in [0.4, 0.5) is 0 Å². The van der Waals surface area contributed by atoms with Gasteiger partial charge < -0.3 is 10.1 Å². The van der Waals surface area contributed by atoms with Crippen molar-refractivity contribution in [2.24, 2.45) is 0 Å². The van der Waals surface area contributed by atoms with Crippen LogP contribution in [0.5, 0.6) is 5.75 Å². The molecule has 1 aromatic carbocycles. The summed E-state index contributed by atoms with van der Waals surface area (Å²) in [6, 6.07) is 2.63. The first-order chi connectivity index (χ1) is 9.44. The largest absolute Gasteiger partial charge is 0.495 e. The second-order valence-corrected chi connectivity index (χ2v) is 7.06. The van der Waals surface area contributed by atoms with Crippen molar-refractivity contribution < 1.29 is 13.2 Å². The number of ether oxygens (including phenoxy) is 1. The van der Waals surface area contributed by atoms with Crippen molar-refractivity contribution in [3.63, 3.8) is 0 Å². The minimum absolute atomic E-state index is 0.0245. The second-order valence-electron chi connectivity index (χ2n) is 4.56. The van der Waals surface area contributed by atoms with Crippen LogP contribution in [0, 0.1) is 0 Å². The van der Waals surface area contributed by atoms with Gasteiger partial charge in [-0.1, -0.05) is 23.2 Å². The van der Waals surface area contributed by atoms with Crippen molar-refractivity contribution in [2.45, 2.75) is 23.8 Å². The van der Waals surface area contributed by atoms with E-state index in [9.17, 15) is 8.42 Å². The van der Waals surface area contributed by atoms with E-state index < -0.39 is 10.0 Å². The van der Waals surface area contributed by atoms with Crippen molar-refractivity contribution in [3.05, 3.63) is 22.2 Å². The molecule has 1 aromatic rings. The smallest absolute Gasteiger partial charge is 0.242 e. The molecule has 2 rings (SSSR count). The zero-order chi connectivity index (χ0) is 14.8. The van der Waals surface area contributed by atoms with Crippen molar-refractivity contribution in [3.8, 4) is 5.75 Å². The van der Waals surface area contributed by atoms with Gasteiger partial charge in [-0.3, -0.25) is 0 Å². The maximum absolute atomic E-state index is 12.4. The van der Waals surface area contributed by atoms with E-state index in [-0.39, 0.29) is 21.0 Å². The van der Waals surface area contributed by atoms with Crippen LogP contribution in [0.1, 0.15) is 12.8 Å². The number of sulfonamides is 1.